The molecule has 0 bridgehead atoms. The van der Waals surface area contributed by atoms with Gasteiger partial charge < -0.3 is 24.0 Å². The topological polar surface area (TPSA) is 12.9 Å². The maximum absolute atomic E-state index is 4.95. The first-order valence-corrected chi connectivity index (χ1v) is 5.00. The molecule has 2 rings (SSSR count). The number of hydrogen-bond donors (Lipinski definition) is 0. The van der Waals surface area contributed by atoms with Gasteiger partial charge in [0, 0.05) is 4.47 Å². The van der Waals surface area contributed by atoms with E-state index in [9.17, 15) is 0 Å². The van der Waals surface area contributed by atoms with Gasteiger partial charge in [-0.05, 0) is 27.2 Å². The molecule has 0 spiro atoms. The normalized spacial score (nSPS) is 10.6. The molecular formula is C7H3BrNS2-. The molecule has 0 radical (unpaired) electrons. The highest BCUT2D eigenvalue weighted by molar-refractivity contribution is 9.10. The molecule has 1 aromatic heterocycles. The number of thiazole rings is 1. The van der Waals surface area contributed by atoms with Crippen LogP contribution in [0.25, 0.3) is 10.2 Å². The van der Waals surface area contributed by atoms with E-state index in [1.165, 1.54) is 11.3 Å². The van der Waals surface area contributed by atoms with Crippen molar-refractivity contribution in [1.29, 1.82) is 0 Å². The summed E-state index contributed by atoms with van der Waals surface area (Å²) in [6.07, 6.45) is 0. The molecule has 0 amide bonds. The van der Waals surface area contributed by atoms with Gasteiger partial charge in [0.1, 0.15) is 0 Å². The van der Waals surface area contributed by atoms with Crippen molar-refractivity contribution in [2.75, 3.05) is 0 Å². The van der Waals surface area contributed by atoms with Crippen molar-refractivity contribution in [3.63, 3.8) is 0 Å². The van der Waals surface area contributed by atoms with Gasteiger partial charge in [-0.3, -0.25) is 4.98 Å². The van der Waals surface area contributed by atoms with E-state index < -0.39 is 0 Å². The molecule has 1 nitrogen and oxygen atoms in total. The molecule has 0 aliphatic rings. The summed E-state index contributed by atoms with van der Waals surface area (Å²) in [4.78, 5) is 4.17. The molecule has 0 saturated heterocycles. The van der Waals surface area contributed by atoms with Crippen LogP contribution in [0.3, 0.4) is 0 Å². The standard InChI is InChI=1S/C7H4BrNS2/c8-4-1-2-5-6(3-4)11-7(10)9-5/h1-3H,(H,9,10)/p-1. The van der Waals surface area contributed by atoms with E-state index in [0.717, 1.165) is 14.7 Å². The summed E-state index contributed by atoms with van der Waals surface area (Å²) in [5.41, 5.74) is 0.989. The van der Waals surface area contributed by atoms with Crippen molar-refractivity contribution in [2.24, 2.45) is 0 Å². The van der Waals surface area contributed by atoms with Crippen molar-refractivity contribution in [3.8, 4) is 0 Å². The highest BCUT2D eigenvalue weighted by Crippen LogP contribution is 2.24. The second kappa shape index (κ2) is 2.69. The summed E-state index contributed by atoms with van der Waals surface area (Å²) in [6.45, 7) is 0. The van der Waals surface area contributed by atoms with Gasteiger partial charge in [-0.2, -0.15) is 0 Å². The van der Waals surface area contributed by atoms with Crippen molar-refractivity contribution in [2.45, 2.75) is 4.34 Å². The molecule has 56 valence electrons. The average Bonchev–Trinajstić information content (AvgIpc) is 2.27. The Bertz CT molecular complexity index is 396. The van der Waals surface area contributed by atoms with Crippen LogP contribution in [0, 0.1) is 0 Å². The van der Waals surface area contributed by atoms with Crippen LogP contribution in [-0.2, 0) is 12.6 Å². The Morgan fingerprint density at radius 2 is 2.27 bits per heavy atom. The van der Waals surface area contributed by atoms with Crippen LogP contribution in [0.4, 0.5) is 0 Å². The zero-order valence-corrected chi connectivity index (χ0v) is 8.59. The van der Waals surface area contributed by atoms with Gasteiger partial charge in [-0.25, -0.2) is 0 Å². The summed E-state index contributed by atoms with van der Waals surface area (Å²) >= 11 is 9.87. The number of fused-ring (bicyclic) bond motifs is 1. The predicted molar refractivity (Wildman–Crippen MR) is 53.0 cm³/mol. The van der Waals surface area contributed by atoms with Crippen LogP contribution >= 0.6 is 27.3 Å². The first kappa shape index (κ1) is 7.46. The Balaban J connectivity index is 2.82. The van der Waals surface area contributed by atoms with Crippen molar-refractivity contribution >= 4 is 50.1 Å². The summed E-state index contributed by atoms with van der Waals surface area (Å²) in [5.74, 6) is 0. The molecule has 2 aromatic rings. The lowest BCUT2D eigenvalue weighted by atomic mass is 10.3. The van der Waals surface area contributed by atoms with Crippen molar-refractivity contribution in [3.05, 3.63) is 22.7 Å². The highest BCUT2D eigenvalue weighted by Gasteiger charge is 1.92. The van der Waals surface area contributed by atoms with Crippen LogP contribution in [0.1, 0.15) is 0 Å². The Morgan fingerprint density at radius 3 is 3.09 bits per heavy atom. The Morgan fingerprint density at radius 1 is 1.45 bits per heavy atom. The first-order valence-electron chi connectivity index (χ1n) is 2.99. The summed E-state index contributed by atoms with van der Waals surface area (Å²) < 4.78 is 2.92. The molecular weight excluding hydrogens is 242 g/mol. The molecule has 0 aliphatic carbocycles. The maximum atomic E-state index is 4.95. The lowest BCUT2D eigenvalue weighted by Crippen LogP contribution is -1.67. The second-order valence-corrected chi connectivity index (χ2v) is 4.68. The van der Waals surface area contributed by atoms with E-state index >= 15 is 0 Å². The van der Waals surface area contributed by atoms with Crippen molar-refractivity contribution < 1.29 is 0 Å². The van der Waals surface area contributed by atoms with Crippen LogP contribution in [0.15, 0.2) is 27.0 Å². The average molecular weight is 245 g/mol. The van der Waals surface area contributed by atoms with E-state index in [1.807, 2.05) is 18.2 Å². The number of nitrogens with zero attached hydrogens (tertiary/aromatic N) is 1. The number of aromatic nitrogens is 1. The molecule has 0 atom stereocenters. The third-order valence-electron chi connectivity index (χ3n) is 1.33. The molecule has 0 unspecified atom stereocenters. The number of rotatable bonds is 0. The largest absolute Gasteiger partial charge is 0.408 e. The van der Waals surface area contributed by atoms with Gasteiger partial charge in [0.05, 0.1) is 5.52 Å². The van der Waals surface area contributed by atoms with Gasteiger partial charge in [-0.1, -0.05) is 15.9 Å². The molecule has 0 aliphatic heterocycles. The molecule has 1 heterocycles. The Hall–Kier alpha value is -0.190. The Labute approximate surface area is 82.0 Å². The minimum Gasteiger partial charge on any atom is -0.408 e. The van der Waals surface area contributed by atoms with Gasteiger partial charge in [-0.15, -0.1) is 0 Å². The van der Waals surface area contributed by atoms with Crippen LogP contribution in [-0.4, -0.2) is 4.98 Å². The van der Waals surface area contributed by atoms with E-state index in [4.69, 9.17) is 12.6 Å². The van der Waals surface area contributed by atoms with E-state index in [-0.39, 0.29) is 0 Å². The SMILES string of the molecule is [S-]c1nc2ccc(Br)cc2s1. The zero-order valence-electron chi connectivity index (χ0n) is 5.37. The zero-order chi connectivity index (χ0) is 7.84. The minimum atomic E-state index is 0.707. The van der Waals surface area contributed by atoms with Gasteiger partial charge in [0.2, 0.25) is 0 Å². The number of hydrogen-bond acceptors (Lipinski definition) is 3. The van der Waals surface area contributed by atoms with Gasteiger partial charge >= 0.3 is 0 Å². The lowest BCUT2D eigenvalue weighted by Gasteiger charge is -1.90. The summed E-state index contributed by atoms with van der Waals surface area (Å²) in [6, 6.07) is 5.96. The monoisotopic (exact) mass is 244 g/mol. The first-order chi connectivity index (χ1) is 5.25. The van der Waals surface area contributed by atoms with E-state index in [1.54, 1.807) is 0 Å². The van der Waals surface area contributed by atoms with Crippen LogP contribution in [0.2, 0.25) is 0 Å². The second-order valence-electron chi connectivity index (χ2n) is 2.09. The number of benzene rings is 1. The molecule has 0 N–H and O–H groups in total. The fourth-order valence-corrected chi connectivity index (χ4v) is 2.49. The fraction of sp³-hybridized carbons (Fsp3) is 0. The quantitative estimate of drug-likeness (QED) is 0.662. The molecule has 0 fully saturated rings. The highest BCUT2D eigenvalue weighted by atomic mass is 79.9. The molecule has 4 heteroatoms. The fourth-order valence-electron chi connectivity index (χ4n) is 0.877. The Kier molecular flexibility index (Phi) is 1.83. The van der Waals surface area contributed by atoms with Gasteiger partial charge in [0.15, 0.2) is 0 Å². The van der Waals surface area contributed by atoms with Gasteiger partial charge in [0.25, 0.3) is 0 Å². The van der Waals surface area contributed by atoms with E-state index in [0.29, 0.717) is 4.34 Å². The molecule has 11 heavy (non-hydrogen) atoms. The summed E-state index contributed by atoms with van der Waals surface area (Å²) in [5, 5.41) is 0. The minimum absolute atomic E-state index is 0.707. The summed E-state index contributed by atoms with van der Waals surface area (Å²) in [7, 11) is 0. The van der Waals surface area contributed by atoms with Crippen LogP contribution < -0.4 is 0 Å². The smallest absolute Gasteiger partial charge is 0.0601 e. The molecule has 1 aromatic carbocycles. The maximum Gasteiger partial charge on any atom is 0.0601 e. The predicted octanol–water partition coefficient (Wildman–Crippen LogP) is 2.96. The number of halogens is 1. The van der Waals surface area contributed by atoms with E-state index in [2.05, 4.69) is 20.9 Å². The van der Waals surface area contributed by atoms with Crippen molar-refractivity contribution in [1.82, 2.24) is 4.98 Å². The molecule has 0 saturated carbocycles. The van der Waals surface area contributed by atoms with Crippen LogP contribution in [0.5, 0.6) is 0 Å². The lowest BCUT2D eigenvalue weighted by molar-refractivity contribution is 1.31. The third kappa shape index (κ3) is 1.38. The third-order valence-corrected chi connectivity index (χ3v) is 2.98.